The van der Waals surface area contributed by atoms with Crippen LogP contribution in [0, 0.1) is 11.3 Å². The van der Waals surface area contributed by atoms with E-state index in [1.807, 2.05) is 18.4 Å². The van der Waals surface area contributed by atoms with Crippen LogP contribution in [0.1, 0.15) is 5.56 Å². The molecule has 0 N–H and O–H groups in total. The Balaban J connectivity index is 3.39. The minimum Gasteiger partial charge on any atom is -0.494 e. The fourth-order valence-corrected chi connectivity index (χ4v) is 2.05. The first-order valence-electron chi connectivity index (χ1n) is 3.55. The molecule has 68 valence electrons. The highest BCUT2D eigenvalue weighted by molar-refractivity contribution is 9.10. The van der Waals surface area contributed by atoms with Crippen LogP contribution < -0.4 is 4.74 Å². The second kappa shape index (κ2) is 4.54. The lowest BCUT2D eigenvalue weighted by atomic mass is 10.2. The standard InChI is InChI=1S/C9H8BrNOS/c1-12-9-6(5-11)8(13-2)4-3-7(9)10/h3-4H,1-2H3. The lowest BCUT2D eigenvalue weighted by Crippen LogP contribution is -1.91. The summed E-state index contributed by atoms with van der Waals surface area (Å²) in [5.41, 5.74) is 0.587. The van der Waals surface area contributed by atoms with Gasteiger partial charge in [-0.3, -0.25) is 0 Å². The summed E-state index contributed by atoms with van der Waals surface area (Å²) in [5.74, 6) is 0.606. The summed E-state index contributed by atoms with van der Waals surface area (Å²) in [6, 6.07) is 5.91. The van der Waals surface area contributed by atoms with Crippen molar-refractivity contribution in [1.82, 2.24) is 0 Å². The molecule has 1 aromatic rings. The number of thioether (sulfide) groups is 1. The molecule has 0 saturated carbocycles. The molecule has 0 bridgehead atoms. The van der Waals surface area contributed by atoms with Crippen LogP contribution in [0.3, 0.4) is 0 Å². The number of halogens is 1. The third-order valence-electron chi connectivity index (χ3n) is 1.61. The molecule has 0 spiro atoms. The van der Waals surface area contributed by atoms with E-state index in [-0.39, 0.29) is 0 Å². The highest BCUT2D eigenvalue weighted by atomic mass is 79.9. The van der Waals surface area contributed by atoms with E-state index < -0.39 is 0 Å². The van der Waals surface area contributed by atoms with E-state index in [0.717, 1.165) is 9.37 Å². The molecule has 4 heteroatoms. The Labute approximate surface area is 90.0 Å². The molecule has 0 saturated heterocycles. The van der Waals surface area contributed by atoms with Gasteiger partial charge in [0.2, 0.25) is 0 Å². The molecule has 1 rings (SSSR count). The van der Waals surface area contributed by atoms with Crippen molar-refractivity contribution in [2.75, 3.05) is 13.4 Å². The topological polar surface area (TPSA) is 33.0 Å². The third-order valence-corrected chi connectivity index (χ3v) is 3.01. The van der Waals surface area contributed by atoms with Gasteiger partial charge in [-0.2, -0.15) is 5.26 Å². The summed E-state index contributed by atoms with van der Waals surface area (Å²) >= 11 is 4.86. The van der Waals surface area contributed by atoms with Crippen molar-refractivity contribution in [3.63, 3.8) is 0 Å². The second-order valence-corrected chi connectivity index (χ2v) is 3.97. The minimum absolute atomic E-state index is 0.587. The SMILES string of the molecule is COc1c(Br)ccc(SC)c1C#N. The normalized spacial score (nSPS) is 9.38. The summed E-state index contributed by atoms with van der Waals surface area (Å²) in [4.78, 5) is 0.933. The van der Waals surface area contributed by atoms with Gasteiger partial charge in [-0.15, -0.1) is 11.8 Å². The maximum absolute atomic E-state index is 8.92. The van der Waals surface area contributed by atoms with Gasteiger partial charge in [0, 0.05) is 4.90 Å². The Morgan fingerprint density at radius 3 is 2.69 bits per heavy atom. The molecule has 0 fully saturated rings. The summed E-state index contributed by atoms with van der Waals surface area (Å²) < 4.78 is 5.94. The van der Waals surface area contributed by atoms with Crippen molar-refractivity contribution in [2.45, 2.75) is 4.90 Å². The van der Waals surface area contributed by atoms with Gasteiger partial charge in [0.25, 0.3) is 0 Å². The lowest BCUT2D eigenvalue weighted by Gasteiger charge is -2.07. The van der Waals surface area contributed by atoms with Crippen molar-refractivity contribution < 1.29 is 4.74 Å². The summed E-state index contributed by atoms with van der Waals surface area (Å²) in [6.45, 7) is 0. The zero-order valence-corrected chi connectivity index (χ0v) is 9.70. The van der Waals surface area contributed by atoms with E-state index in [1.54, 1.807) is 7.11 Å². The number of rotatable bonds is 2. The molecule has 0 atom stereocenters. The maximum atomic E-state index is 8.92. The van der Waals surface area contributed by atoms with Crippen LogP contribution in [0.5, 0.6) is 5.75 Å². The molecular formula is C9H8BrNOS. The maximum Gasteiger partial charge on any atom is 0.151 e. The van der Waals surface area contributed by atoms with Crippen molar-refractivity contribution >= 4 is 27.7 Å². The van der Waals surface area contributed by atoms with Crippen LogP contribution in [-0.2, 0) is 0 Å². The molecule has 13 heavy (non-hydrogen) atoms. The highest BCUT2D eigenvalue weighted by Crippen LogP contribution is 2.34. The van der Waals surface area contributed by atoms with Crippen molar-refractivity contribution in [1.29, 1.82) is 5.26 Å². The van der Waals surface area contributed by atoms with Crippen LogP contribution in [-0.4, -0.2) is 13.4 Å². The van der Waals surface area contributed by atoms with E-state index in [9.17, 15) is 0 Å². The first kappa shape index (κ1) is 10.4. The van der Waals surface area contributed by atoms with Gasteiger partial charge in [0.1, 0.15) is 11.6 Å². The van der Waals surface area contributed by atoms with Gasteiger partial charge < -0.3 is 4.74 Å². The molecule has 0 aliphatic carbocycles. The number of hydrogen-bond donors (Lipinski definition) is 0. The number of ether oxygens (including phenoxy) is 1. The third kappa shape index (κ3) is 1.98. The van der Waals surface area contributed by atoms with Crippen molar-refractivity contribution in [2.24, 2.45) is 0 Å². The monoisotopic (exact) mass is 257 g/mol. The molecule has 0 heterocycles. The van der Waals surface area contributed by atoms with Crippen molar-refractivity contribution in [3.8, 4) is 11.8 Å². The molecule has 0 unspecified atom stereocenters. The first-order chi connectivity index (χ1) is 6.24. The van der Waals surface area contributed by atoms with Gasteiger partial charge in [-0.1, -0.05) is 0 Å². The Kier molecular flexibility index (Phi) is 3.64. The fourth-order valence-electron chi connectivity index (χ4n) is 1.01. The van der Waals surface area contributed by atoms with Crippen LogP contribution >= 0.6 is 27.7 Å². The number of nitriles is 1. The molecule has 0 aromatic heterocycles. The van der Waals surface area contributed by atoms with Gasteiger partial charge in [-0.25, -0.2) is 0 Å². The summed E-state index contributed by atoms with van der Waals surface area (Å²) in [5, 5.41) is 8.92. The molecule has 0 aliphatic rings. The van der Waals surface area contributed by atoms with Crippen LogP contribution in [0.15, 0.2) is 21.5 Å². The molecule has 0 radical (unpaired) electrons. The number of benzene rings is 1. The predicted octanol–water partition coefficient (Wildman–Crippen LogP) is 3.05. The summed E-state index contributed by atoms with van der Waals surface area (Å²) in [6.07, 6.45) is 1.93. The van der Waals surface area contributed by atoms with Gasteiger partial charge in [0.05, 0.1) is 11.6 Å². The average Bonchev–Trinajstić information content (AvgIpc) is 2.17. The predicted molar refractivity (Wildman–Crippen MR) is 57.2 cm³/mol. The molecule has 0 aliphatic heterocycles. The average molecular weight is 258 g/mol. The van der Waals surface area contributed by atoms with E-state index in [0.29, 0.717) is 11.3 Å². The van der Waals surface area contributed by atoms with E-state index in [4.69, 9.17) is 10.00 Å². The van der Waals surface area contributed by atoms with Crippen molar-refractivity contribution in [3.05, 3.63) is 22.2 Å². The van der Waals surface area contributed by atoms with Crippen LogP contribution in [0.2, 0.25) is 0 Å². The Hall–Kier alpha value is -0.660. The van der Waals surface area contributed by atoms with Crippen LogP contribution in [0.25, 0.3) is 0 Å². The van der Waals surface area contributed by atoms with Gasteiger partial charge in [0.15, 0.2) is 5.75 Å². The van der Waals surface area contributed by atoms with Gasteiger partial charge in [-0.05, 0) is 34.3 Å². The number of methoxy groups -OCH3 is 1. The summed E-state index contributed by atoms with van der Waals surface area (Å²) in [7, 11) is 1.56. The van der Waals surface area contributed by atoms with E-state index in [2.05, 4.69) is 22.0 Å². The smallest absolute Gasteiger partial charge is 0.151 e. The Bertz CT molecular complexity index is 359. The van der Waals surface area contributed by atoms with Gasteiger partial charge >= 0.3 is 0 Å². The van der Waals surface area contributed by atoms with Crippen LogP contribution in [0.4, 0.5) is 0 Å². The quantitative estimate of drug-likeness (QED) is 0.764. The number of hydrogen-bond acceptors (Lipinski definition) is 3. The molecular weight excluding hydrogens is 250 g/mol. The zero-order valence-electron chi connectivity index (χ0n) is 7.30. The number of nitrogens with zero attached hydrogens (tertiary/aromatic N) is 1. The first-order valence-corrected chi connectivity index (χ1v) is 5.57. The molecule has 2 nitrogen and oxygen atoms in total. The Morgan fingerprint density at radius 2 is 2.23 bits per heavy atom. The lowest BCUT2D eigenvalue weighted by molar-refractivity contribution is 0.409. The minimum atomic E-state index is 0.587. The largest absolute Gasteiger partial charge is 0.494 e. The molecule has 0 amide bonds. The second-order valence-electron chi connectivity index (χ2n) is 2.27. The van der Waals surface area contributed by atoms with E-state index in [1.165, 1.54) is 11.8 Å². The zero-order chi connectivity index (χ0) is 9.84. The highest BCUT2D eigenvalue weighted by Gasteiger charge is 2.11. The molecule has 1 aromatic carbocycles. The van der Waals surface area contributed by atoms with E-state index >= 15 is 0 Å². The fraction of sp³-hybridized carbons (Fsp3) is 0.222. The Morgan fingerprint density at radius 1 is 1.54 bits per heavy atom.